The van der Waals surface area contributed by atoms with Crippen LogP contribution in [0.2, 0.25) is 0 Å². The topological polar surface area (TPSA) is 55.1 Å². The van der Waals surface area contributed by atoms with Crippen LogP contribution in [-0.2, 0) is 11.2 Å². The van der Waals surface area contributed by atoms with Crippen molar-refractivity contribution >= 4 is 5.97 Å². The number of carboxylic acid groups (broad SMARTS) is 1. The molecule has 0 aromatic carbocycles. The van der Waals surface area contributed by atoms with Gasteiger partial charge >= 0.3 is 5.97 Å². The van der Waals surface area contributed by atoms with Crippen LogP contribution in [0.4, 0.5) is 0 Å². The van der Waals surface area contributed by atoms with E-state index in [-0.39, 0.29) is 0 Å². The van der Waals surface area contributed by atoms with Crippen LogP contribution in [0, 0.1) is 5.41 Å². The molecule has 1 aromatic heterocycles. The number of aliphatic carboxylic acids is 1. The lowest BCUT2D eigenvalue weighted by molar-refractivity contribution is -0.146. The molecular formula is C11H18N2O2. The van der Waals surface area contributed by atoms with E-state index in [1.807, 2.05) is 24.7 Å². The Morgan fingerprint density at radius 2 is 2.20 bits per heavy atom. The van der Waals surface area contributed by atoms with Gasteiger partial charge in [0.1, 0.15) is 0 Å². The lowest BCUT2D eigenvalue weighted by Gasteiger charge is -2.17. The number of carboxylic acids is 1. The average molecular weight is 210 g/mol. The molecule has 4 heteroatoms. The zero-order valence-electron chi connectivity index (χ0n) is 9.69. The number of nitrogens with zero attached hydrogens (tertiary/aromatic N) is 2. The fourth-order valence-electron chi connectivity index (χ4n) is 1.34. The van der Waals surface area contributed by atoms with E-state index in [4.69, 9.17) is 5.11 Å². The summed E-state index contributed by atoms with van der Waals surface area (Å²) in [6, 6.07) is 0.312. The second kappa shape index (κ2) is 4.04. The summed E-state index contributed by atoms with van der Waals surface area (Å²) in [6.45, 7) is 7.53. The lowest BCUT2D eigenvalue weighted by atomic mass is 9.87. The van der Waals surface area contributed by atoms with E-state index in [1.54, 1.807) is 20.0 Å². The molecule has 0 spiro atoms. The molecule has 15 heavy (non-hydrogen) atoms. The molecule has 1 rings (SSSR count). The summed E-state index contributed by atoms with van der Waals surface area (Å²) in [5.74, 6) is -0.778. The molecule has 0 aliphatic rings. The smallest absolute Gasteiger partial charge is 0.309 e. The Morgan fingerprint density at radius 3 is 2.60 bits per heavy atom. The highest BCUT2D eigenvalue weighted by Crippen LogP contribution is 2.22. The van der Waals surface area contributed by atoms with E-state index in [0.717, 1.165) is 5.56 Å². The zero-order valence-corrected chi connectivity index (χ0v) is 9.69. The van der Waals surface area contributed by atoms with Gasteiger partial charge in [0, 0.05) is 12.2 Å². The van der Waals surface area contributed by atoms with Gasteiger partial charge in [-0.25, -0.2) is 0 Å². The van der Waals surface area contributed by atoms with Gasteiger partial charge in [-0.1, -0.05) is 0 Å². The Balaban J connectivity index is 2.77. The summed E-state index contributed by atoms with van der Waals surface area (Å²) in [6.07, 6.45) is 4.16. The van der Waals surface area contributed by atoms with Gasteiger partial charge in [0.15, 0.2) is 0 Å². The molecule has 84 valence electrons. The van der Waals surface area contributed by atoms with Crippen molar-refractivity contribution in [2.24, 2.45) is 5.41 Å². The fourth-order valence-corrected chi connectivity index (χ4v) is 1.34. The van der Waals surface area contributed by atoms with Gasteiger partial charge in [-0.15, -0.1) is 0 Å². The third kappa shape index (κ3) is 2.81. The molecule has 0 saturated carbocycles. The van der Waals surface area contributed by atoms with Gasteiger partial charge in [-0.05, 0) is 39.7 Å². The van der Waals surface area contributed by atoms with E-state index >= 15 is 0 Å². The first-order valence-electron chi connectivity index (χ1n) is 5.09. The molecule has 0 aliphatic heterocycles. The number of hydrogen-bond donors (Lipinski definition) is 1. The normalized spacial score (nSPS) is 12.1. The Hall–Kier alpha value is -1.32. The molecule has 0 unspecified atom stereocenters. The van der Waals surface area contributed by atoms with E-state index in [1.165, 1.54) is 0 Å². The number of rotatable bonds is 4. The van der Waals surface area contributed by atoms with Crippen molar-refractivity contribution in [1.82, 2.24) is 9.78 Å². The first kappa shape index (κ1) is 11.8. The highest BCUT2D eigenvalue weighted by Gasteiger charge is 2.27. The first-order valence-corrected chi connectivity index (χ1v) is 5.09. The van der Waals surface area contributed by atoms with Crippen molar-refractivity contribution in [3.63, 3.8) is 0 Å². The second-order valence-corrected chi connectivity index (χ2v) is 4.79. The molecule has 0 amide bonds. The number of carbonyl (C=O) groups is 1. The Bertz CT molecular complexity index is 353. The summed E-state index contributed by atoms with van der Waals surface area (Å²) in [4.78, 5) is 10.9. The molecule has 4 nitrogen and oxygen atoms in total. The van der Waals surface area contributed by atoms with E-state index in [2.05, 4.69) is 5.10 Å². The third-order valence-corrected chi connectivity index (χ3v) is 2.41. The van der Waals surface area contributed by atoms with Crippen molar-refractivity contribution < 1.29 is 9.90 Å². The lowest BCUT2D eigenvalue weighted by Crippen LogP contribution is -2.25. The summed E-state index contributed by atoms with van der Waals surface area (Å²) in [5.41, 5.74) is 0.237. The van der Waals surface area contributed by atoms with Gasteiger partial charge in [-0.2, -0.15) is 5.10 Å². The molecule has 1 N–H and O–H groups in total. The van der Waals surface area contributed by atoms with Crippen LogP contribution in [0.15, 0.2) is 12.4 Å². The molecule has 0 saturated heterocycles. The van der Waals surface area contributed by atoms with Crippen LogP contribution in [0.25, 0.3) is 0 Å². The maximum absolute atomic E-state index is 10.9. The number of aromatic nitrogens is 2. The van der Waals surface area contributed by atoms with Gasteiger partial charge in [-0.3, -0.25) is 9.48 Å². The molecule has 0 bridgehead atoms. The van der Waals surface area contributed by atoms with Crippen molar-refractivity contribution in [3.05, 3.63) is 18.0 Å². The van der Waals surface area contributed by atoms with Gasteiger partial charge < -0.3 is 5.11 Å². The van der Waals surface area contributed by atoms with Crippen LogP contribution < -0.4 is 0 Å². The molecule has 1 heterocycles. The summed E-state index contributed by atoms with van der Waals surface area (Å²) < 4.78 is 1.84. The van der Waals surface area contributed by atoms with Crippen LogP contribution in [-0.4, -0.2) is 20.9 Å². The highest BCUT2D eigenvalue weighted by molar-refractivity contribution is 5.73. The van der Waals surface area contributed by atoms with Crippen LogP contribution >= 0.6 is 0 Å². The number of hydrogen-bond acceptors (Lipinski definition) is 2. The minimum absolute atomic E-state index is 0.312. The monoisotopic (exact) mass is 210 g/mol. The standard InChI is InChI=1S/C11H18N2O2/c1-8(2)13-7-9(6-12-13)5-11(3,4)10(14)15/h6-8H,5H2,1-4H3,(H,14,15). The van der Waals surface area contributed by atoms with E-state index in [9.17, 15) is 4.79 Å². The Morgan fingerprint density at radius 1 is 1.60 bits per heavy atom. The molecule has 0 atom stereocenters. The SMILES string of the molecule is CC(C)n1cc(CC(C)(C)C(=O)O)cn1. The summed E-state index contributed by atoms with van der Waals surface area (Å²) in [7, 11) is 0. The second-order valence-electron chi connectivity index (χ2n) is 4.79. The molecule has 0 fully saturated rings. The van der Waals surface area contributed by atoms with Crippen molar-refractivity contribution in [2.75, 3.05) is 0 Å². The minimum Gasteiger partial charge on any atom is -0.481 e. The summed E-state index contributed by atoms with van der Waals surface area (Å²) >= 11 is 0. The molecular weight excluding hydrogens is 192 g/mol. The van der Waals surface area contributed by atoms with Gasteiger partial charge in [0.2, 0.25) is 0 Å². The maximum atomic E-state index is 10.9. The quantitative estimate of drug-likeness (QED) is 0.828. The van der Waals surface area contributed by atoms with Crippen molar-refractivity contribution in [2.45, 2.75) is 40.2 Å². The minimum atomic E-state index is -0.778. The van der Waals surface area contributed by atoms with Crippen LogP contribution in [0.3, 0.4) is 0 Å². The predicted molar refractivity (Wildman–Crippen MR) is 57.7 cm³/mol. The van der Waals surface area contributed by atoms with Crippen molar-refractivity contribution in [1.29, 1.82) is 0 Å². The van der Waals surface area contributed by atoms with E-state index < -0.39 is 11.4 Å². The molecule has 0 radical (unpaired) electrons. The summed E-state index contributed by atoms with van der Waals surface area (Å²) in [5, 5.41) is 13.2. The van der Waals surface area contributed by atoms with E-state index in [0.29, 0.717) is 12.5 Å². The average Bonchev–Trinajstić information content (AvgIpc) is 2.51. The van der Waals surface area contributed by atoms with Gasteiger partial charge in [0.05, 0.1) is 11.6 Å². The fraction of sp³-hybridized carbons (Fsp3) is 0.636. The maximum Gasteiger partial charge on any atom is 0.309 e. The Labute approximate surface area is 89.9 Å². The van der Waals surface area contributed by atoms with Gasteiger partial charge in [0.25, 0.3) is 0 Å². The highest BCUT2D eigenvalue weighted by atomic mass is 16.4. The van der Waals surface area contributed by atoms with Crippen LogP contribution in [0.5, 0.6) is 0 Å². The molecule has 1 aromatic rings. The Kier molecular flexibility index (Phi) is 3.17. The molecule has 0 aliphatic carbocycles. The third-order valence-electron chi connectivity index (χ3n) is 2.41. The largest absolute Gasteiger partial charge is 0.481 e. The predicted octanol–water partition coefficient (Wildman–Crippen LogP) is 2.12. The first-order chi connectivity index (χ1) is 6.83. The van der Waals surface area contributed by atoms with Crippen molar-refractivity contribution in [3.8, 4) is 0 Å². The zero-order chi connectivity index (χ0) is 11.6. The van der Waals surface area contributed by atoms with Crippen LogP contribution in [0.1, 0.15) is 39.3 Å².